The highest BCUT2D eigenvalue weighted by molar-refractivity contribution is 6.31. The lowest BCUT2D eigenvalue weighted by Crippen LogP contribution is -2.29. The van der Waals surface area contributed by atoms with Gasteiger partial charge in [-0.1, -0.05) is 24.6 Å². The number of hydrogen-bond acceptors (Lipinski definition) is 2. The van der Waals surface area contributed by atoms with Gasteiger partial charge in [-0.2, -0.15) is 13.2 Å². The average Bonchev–Trinajstić information content (AvgIpc) is 2.88. The summed E-state index contributed by atoms with van der Waals surface area (Å²) in [4.78, 5) is 0. The van der Waals surface area contributed by atoms with E-state index in [-0.39, 0.29) is 22.8 Å². The van der Waals surface area contributed by atoms with Crippen LogP contribution in [0.25, 0.3) is 0 Å². The molecule has 2 nitrogen and oxygen atoms in total. The van der Waals surface area contributed by atoms with Gasteiger partial charge in [0.15, 0.2) is 0 Å². The van der Waals surface area contributed by atoms with Crippen LogP contribution in [0.3, 0.4) is 0 Å². The second-order valence-corrected chi connectivity index (χ2v) is 5.34. The summed E-state index contributed by atoms with van der Waals surface area (Å²) in [5, 5.41) is 2.88. The van der Waals surface area contributed by atoms with E-state index in [0.717, 1.165) is 19.5 Å². The Labute approximate surface area is 121 Å². The van der Waals surface area contributed by atoms with Crippen molar-refractivity contribution in [3.8, 4) is 5.75 Å². The number of ether oxygens (including phenoxy) is 1. The maximum atomic E-state index is 13.1. The first-order valence-corrected chi connectivity index (χ1v) is 7.04. The molecule has 1 saturated heterocycles. The van der Waals surface area contributed by atoms with E-state index in [9.17, 15) is 13.2 Å². The molecule has 2 rings (SSSR count). The van der Waals surface area contributed by atoms with Gasteiger partial charge < -0.3 is 10.1 Å². The molecular weight excluding hydrogens is 291 g/mol. The topological polar surface area (TPSA) is 21.3 Å². The molecule has 0 spiro atoms. The Hall–Kier alpha value is -0.940. The highest BCUT2D eigenvalue weighted by atomic mass is 35.5. The van der Waals surface area contributed by atoms with Crippen LogP contribution < -0.4 is 10.1 Å². The SMILES string of the molecule is CCC(Oc1cccc(Cl)c1C(F)(F)F)C1CCNC1. The van der Waals surface area contributed by atoms with E-state index in [2.05, 4.69) is 5.32 Å². The fourth-order valence-corrected chi connectivity index (χ4v) is 2.82. The summed E-state index contributed by atoms with van der Waals surface area (Å²) in [6, 6.07) is 4.04. The first kappa shape index (κ1) is 15.4. The predicted molar refractivity (Wildman–Crippen MR) is 72.1 cm³/mol. The molecule has 1 aliphatic heterocycles. The molecule has 0 aliphatic carbocycles. The van der Waals surface area contributed by atoms with Crippen LogP contribution in [0.1, 0.15) is 25.3 Å². The van der Waals surface area contributed by atoms with Gasteiger partial charge in [-0.3, -0.25) is 0 Å². The van der Waals surface area contributed by atoms with Crippen molar-refractivity contribution in [2.45, 2.75) is 32.0 Å². The lowest BCUT2D eigenvalue weighted by molar-refractivity contribution is -0.139. The fourth-order valence-electron chi connectivity index (χ4n) is 2.55. The first-order chi connectivity index (χ1) is 9.43. The molecule has 1 aromatic carbocycles. The van der Waals surface area contributed by atoms with Crippen LogP contribution in [0.15, 0.2) is 18.2 Å². The van der Waals surface area contributed by atoms with Crippen molar-refractivity contribution >= 4 is 11.6 Å². The molecule has 2 unspecified atom stereocenters. The minimum atomic E-state index is -4.51. The van der Waals surface area contributed by atoms with Crippen LogP contribution in [0.4, 0.5) is 13.2 Å². The minimum absolute atomic E-state index is 0.177. The van der Waals surface area contributed by atoms with E-state index in [1.165, 1.54) is 18.2 Å². The van der Waals surface area contributed by atoms with Crippen molar-refractivity contribution in [3.05, 3.63) is 28.8 Å². The summed E-state index contributed by atoms with van der Waals surface area (Å²) in [6.45, 7) is 3.58. The summed E-state index contributed by atoms with van der Waals surface area (Å²) in [6.07, 6.45) is -3.17. The van der Waals surface area contributed by atoms with Gasteiger partial charge >= 0.3 is 6.18 Å². The summed E-state index contributed by atoms with van der Waals surface area (Å²) in [7, 11) is 0. The van der Waals surface area contributed by atoms with Crippen LogP contribution in [-0.2, 0) is 6.18 Å². The van der Waals surface area contributed by atoms with Crippen molar-refractivity contribution in [2.75, 3.05) is 13.1 Å². The third kappa shape index (κ3) is 3.38. The Morgan fingerprint density at radius 2 is 2.20 bits per heavy atom. The number of benzene rings is 1. The zero-order valence-electron chi connectivity index (χ0n) is 11.1. The Morgan fingerprint density at radius 1 is 1.45 bits per heavy atom. The molecule has 6 heteroatoms. The smallest absolute Gasteiger partial charge is 0.421 e. The van der Waals surface area contributed by atoms with Gasteiger partial charge in [-0.25, -0.2) is 0 Å². The molecule has 1 fully saturated rings. The minimum Gasteiger partial charge on any atom is -0.489 e. The third-order valence-corrected chi connectivity index (χ3v) is 3.88. The number of alkyl halides is 3. The molecule has 0 radical (unpaired) electrons. The van der Waals surface area contributed by atoms with E-state index in [0.29, 0.717) is 6.42 Å². The van der Waals surface area contributed by atoms with Gasteiger partial charge in [-0.05, 0) is 31.5 Å². The Morgan fingerprint density at radius 3 is 2.75 bits per heavy atom. The second-order valence-electron chi connectivity index (χ2n) is 4.93. The maximum absolute atomic E-state index is 13.1. The van der Waals surface area contributed by atoms with Crippen molar-refractivity contribution in [3.63, 3.8) is 0 Å². The molecule has 1 aliphatic rings. The van der Waals surface area contributed by atoms with Gasteiger partial charge in [0.25, 0.3) is 0 Å². The van der Waals surface area contributed by atoms with Crippen molar-refractivity contribution in [1.29, 1.82) is 0 Å². The maximum Gasteiger partial charge on any atom is 0.421 e. The third-order valence-electron chi connectivity index (χ3n) is 3.56. The second kappa shape index (κ2) is 6.22. The zero-order valence-corrected chi connectivity index (χ0v) is 11.9. The average molecular weight is 308 g/mol. The largest absolute Gasteiger partial charge is 0.489 e. The van der Waals surface area contributed by atoms with Crippen molar-refractivity contribution in [2.24, 2.45) is 5.92 Å². The van der Waals surface area contributed by atoms with Gasteiger partial charge in [-0.15, -0.1) is 0 Å². The van der Waals surface area contributed by atoms with E-state index in [1.54, 1.807) is 0 Å². The standard InChI is InChI=1S/C14H17ClF3NO/c1-2-11(9-6-7-19-8-9)20-12-5-3-4-10(15)13(12)14(16,17)18/h3-5,9,11,19H,2,6-8H2,1H3. The first-order valence-electron chi connectivity index (χ1n) is 6.66. The van der Waals surface area contributed by atoms with Gasteiger partial charge in [0, 0.05) is 12.5 Å². The lowest BCUT2D eigenvalue weighted by atomic mass is 9.99. The molecule has 0 saturated carbocycles. The molecule has 1 heterocycles. The van der Waals surface area contributed by atoms with Gasteiger partial charge in [0.2, 0.25) is 0 Å². The van der Waals surface area contributed by atoms with E-state index in [4.69, 9.17) is 16.3 Å². The van der Waals surface area contributed by atoms with E-state index >= 15 is 0 Å². The zero-order chi connectivity index (χ0) is 14.8. The number of nitrogens with one attached hydrogen (secondary N) is 1. The Bertz CT molecular complexity index is 458. The summed E-state index contributed by atoms with van der Waals surface area (Å²) < 4.78 is 44.8. The quantitative estimate of drug-likeness (QED) is 0.903. The molecule has 1 N–H and O–H groups in total. The molecule has 0 bridgehead atoms. The molecular formula is C14H17ClF3NO. The normalized spacial score (nSPS) is 20.9. The molecule has 2 atom stereocenters. The van der Waals surface area contributed by atoms with Gasteiger partial charge in [0.1, 0.15) is 17.4 Å². The van der Waals surface area contributed by atoms with Crippen LogP contribution in [0.5, 0.6) is 5.75 Å². The predicted octanol–water partition coefficient (Wildman–Crippen LogP) is 4.13. The summed E-state index contributed by atoms with van der Waals surface area (Å²) in [5.74, 6) is 0.0591. The number of halogens is 4. The van der Waals surface area contributed by atoms with E-state index in [1.807, 2.05) is 6.92 Å². The lowest BCUT2D eigenvalue weighted by Gasteiger charge is -2.25. The van der Waals surface area contributed by atoms with Crippen LogP contribution >= 0.6 is 11.6 Å². The Kier molecular flexibility index (Phi) is 4.81. The summed E-state index contributed by atoms with van der Waals surface area (Å²) >= 11 is 5.69. The highest BCUT2D eigenvalue weighted by Gasteiger charge is 2.38. The molecule has 1 aromatic rings. The highest BCUT2D eigenvalue weighted by Crippen LogP contribution is 2.41. The Balaban J connectivity index is 2.26. The number of hydrogen-bond donors (Lipinski definition) is 1. The van der Waals surface area contributed by atoms with Crippen molar-refractivity contribution < 1.29 is 17.9 Å². The fraction of sp³-hybridized carbons (Fsp3) is 0.571. The number of rotatable bonds is 4. The van der Waals surface area contributed by atoms with E-state index < -0.39 is 11.7 Å². The summed E-state index contributed by atoms with van der Waals surface area (Å²) in [5.41, 5.74) is -0.883. The van der Waals surface area contributed by atoms with Crippen molar-refractivity contribution in [1.82, 2.24) is 5.32 Å². The van der Waals surface area contributed by atoms with Crippen LogP contribution in [0, 0.1) is 5.92 Å². The molecule has 0 amide bonds. The molecule has 112 valence electrons. The molecule has 0 aromatic heterocycles. The van der Waals surface area contributed by atoms with Gasteiger partial charge in [0.05, 0.1) is 5.02 Å². The van der Waals surface area contributed by atoms with Crippen LogP contribution in [0.2, 0.25) is 5.02 Å². The van der Waals surface area contributed by atoms with Crippen LogP contribution in [-0.4, -0.2) is 19.2 Å². The monoisotopic (exact) mass is 307 g/mol. The molecule has 20 heavy (non-hydrogen) atoms.